The van der Waals surface area contributed by atoms with Gasteiger partial charge in [0.15, 0.2) is 12.6 Å². The zero-order valence-corrected chi connectivity index (χ0v) is 44.3. The van der Waals surface area contributed by atoms with Gasteiger partial charge in [0.25, 0.3) is 0 Å². The van der Waals surface area contributed by atoms with Gasteiger partial charge in [0.05, 0.1) is 23.9 Å². The van der Waals surface area contributed by atoms with Gasteiger partial charge in [-0.3, -0.25) is 0 Å². The molecule has 15 unspecified atom stereocenters. The van der Waals surface area contributed by atoms with Crippen molar-refractivity contribution in [1.29, 1.82) is 0 Å². The van der Waals surface area contributed by atoms with E-state index in [9.17, 15) is 57.9 Å². The first kappa shape index (κ1) is 61.2. The number of carbonyl (C=O) groups excluding carboxylic acids is 5. The highest BCUT2D eigenvalue weighted by atomic mass is 32.2. The second kappa shape index (κ2) is 23.4. The van der Waals surface area contributed by atoms with Crippen molar-refractivity contribution >= 4 is 40.3 Å². The Hall–Kier alpha value is -4.06. The van der Waals surface area contributed by atoms with Gasteiger partial charge in [0, 0.05) is 12.8 Å². The van der Waals surface area contributed by atoms with Crippen LogP contribution in [0.25, 0.3) is 0 Å². The molecule has 15 atom stereocenters. The van der Waals surface area contributed by atoms with Crippen LogP contribution < -0.4 is 26.6 Å². The Balaban J connectivity index is 2.22. The van der Waals surface area contributed by atoms with Crippen molar-refractivity contribution in [2.45, 2.75) is 230 Å². The zero-order valence-electron chi connectivity index (χ0n) is 43.5. The molecule has 1 saturated carbocycles. The lowest BCUT2D eigenvalue weighted by atomic mass is 9.83. The number of ether oxygens (including phenoxy) is 9. The van der Waals surface area contributed by atoms with Crippen LogP contribution in [0.4, 0.5) is 24.0 Å². The van der Waals surface area contributed by atoms with Crippen LogP contribution in [0.1, 0.15) is 110 Å². The summed E-state index contributed by atoms with van der Waals surface area (Å²) in [5.41, 5.74) is -5.24. The molecule has 3 fully saturated rings. The molecule has 27 heteroatoms. The third kappa shape index (κ3) is 20.4. The number of aliphatic hydroxyl groups is 5. The Bertz CT molecular complexity index is 1940. The predicted octanol–water partition coefficient (Wildman–Crippen LogP) is 0.557. The van der Waals surface area contributed by atoms with Crippen LogP contribution in [-0.2, 0) is 52.5 Å². The minimum atomic E-state index is -3.96. The Morgan fingerprint density at radius 3 is 1.25 bits per heavy atom. The molecule has 412 valence electrons. The summed E-state index contributed by atoms with van der Waals surface area (Å²) in [4.78, 5) is 66.0. The fourth-order valence-corrected chi connectivity index (χ4v) is 8.35. The highest BCUT2D eigenvalue weighted by Gasteiger charge is 2.55. The zero-order chi connectivity index (χ0) is 54.6. The van der Waals surface area contributed by atoms with Crippen LogP contribution in [0.5, 0.6) is 0 Å². The molecule has 0 radical (unpaired) electrons. The van der Waals surface area contributed by atoms with E-state index >= 15 is 0 Å². The number of alkyl carbamates (subject to hydrolysis) is 5. The summed E-state index contributed by atoms with van der Waals surface area (Å²) in [5.74, 6) is -0.864. The molecule has 1 aliphatic carbocycles. The van der Waals surface area contributed by atoms with Gasteiger partial charge >= 0.3 is 30.5 Å². The number of nitrogens with one attached hydrogen (secondary N) is 5. The molecular formula is C44H79N5O21S. The second-order valence-corrected chi connectivity index (χ2v) is 25.0. The van der Waals surface area contributed by atoms with Crippen LogP contribution in [0, 0.1) is 0 Å². The topological polar surface area (TPSA) is 364 Å². The normalized spacial score (nSPS) is 32.0. The summed E-state index contributed by atoms with van der Waals surface area (Å²) in [6.07, 6.45) is -25.5. The third-order valence-corrected chi connectivity index (χ3v) is 11.0. The summed E-state index contributed by atoms with van der Waals surface area (Å²) >= 11 is 0. The van der Waals surface area contributed by atoms with E-state index in [2.05, 4.69) is 26.6 Å². The summed E-state index contributed by atoms with van der Waals surface area (Å²) in [5, 5.41) is 70.9. The fraction of sp³-hybridized carbons (Fsp3) is 0.886. The molecule has 5 amide bonds. The molecule has 3 aliphatic rings. The molecule has 0 bridgehead atoms. The van der Waals surface area contributed by atoms with Crippen LogP contribution in [0.15, 0.2) is 0 Å². The first-order chi connectivity index (χ1) is 32.0. The monoisotopic (exact) mass is 1050 g/mol. The van der Waals surface area contributed by atoms with Crippen molar-refractivity contribution in [3.05, 3.63) is 0 Å². The molecular weight excluding hydrogens is 967 g/mol. The van der Waals surface area contributed by atoms with Crippen LogP contribution in [0.2, 0.25) is 0 Å². The molecule has 71 heavy (non-hydrogen) atoms. The van der Waals surface area contributed by atoms with Gasteiger partial charge in [-0.15, -0.1) is 0 Å². The van der Waals surface area contributed by atoms with Crippen molar-refractivity contribution in [3.8, 4) is 0 Å². The highest BCUT2D eigenvalue weighted by molar-refractivity contribution is 7.90. The standard InChI is InChI=1S/C44H79N5O21S/c1-40(2,3)66-35(55)45-18-22-27(51)28(52)25(49-39(59)70-44(13,14)15)33(62-22)64-31-20(46-36(56)67-41(4,5)6)17-21(47-37(57)68-42(7,8)9)32(30(31)54)65-34-29(53)24(48-38(58)69-43(10,11)12)26(50)23(63-34)19-71(16,60)61/h20-34,50-54H,17-19H2,1-16H3,(H,45,55)(H,46,56)(H,47,57)(H,48,58)(H,49,59). The number of carbonyl (C=O) groups is 5. The van der Waals surface area contributed by atoms with Gasteiger partial charge in [0.1, 0.15) is 98.8 Å². The molecule has 0 aromatic rings. The quantitative estimate of drug-likeness (QED) is 0.119. The largest absolute Gasteiger partial charge is 0.444 e. The molecule has 3 rings (SSSR count). The number of hydrogen-bond donors (Lipinski definition) is 10. The molecule has 0 aromatic heterocycles. The van der Waals surface area contributed by atoms with Crippen LogP contribution >= 0.6 is 0 Å². The molecule has 0 aromatic carbocycles. The first-order valence-corrected chi connectivity index (χ1v) is 25.2. The highest BCUT2D eigenvalue weighted by Crippen LogP contribution is 2.34. The minimum Gasteiger partial charge on any atom is -0.444 e. The number of rotatable bonds is 12. The summed E-state index contributed by atoms with van der Waals surface area (Å²) < 4.78 is 76.9. The van der Waals surface area contributed by atoms with Gasteiger partial charge in [0.2, 0.25) is 0 Å². The Kier molecular flexibility index (Phi) is 20.2. The summed E-state index contributed by atoms with van der Waals surface area (Å²) in [6, 6.07) is -6.36. The van der Waals surface area contributed by atoms with Crippen molar-refractivity contribution in [2.75, 3.05) is 18.6 Å². The number of aliphatic hydroxyl groups excluding tert-OH is 5. The minimum absolute atomic E-state index is 0.450. The third-order valence-electron chi connectivity index (χ3n) is 10.0. The van der Waals surface area contributed by atoms with Crippen molar-refractivity contribution in [1.82, 2.24) is 26.6 Å². The maximum Gasteiger partial charge on any atom is 0.408 e. The predicted molar refractivity (Wildman–Crippen MR) is 248 cm³/mol. The van der Waals surface area contributed by atoms with E-state index < -0.39 is 179 Å². The maximum atomic E-state index is 13.5. The fourth-order valence-electron chi connectivity index (χ4n) is 7.48. The molecule has 10 N–H and O–H groups in total. The number of sulfone groups is 1. The van der Waals surface area contributed by atoms with Crippen LogP contribution in [0.3, 0.4) is 0 Å². The molecule has 2 saturated heterocycles. The number of hydrogen-bond acceptors (Lipinski definition) is 21. The van der Waals surface area contributed by atoms with E-state index in [-0.39, 0.29) is 0 Å². The van der Waals surface area contributed by atoms with Crippen LogP contribution in [-0.4, -0.2) is 203 Å². The smallest absolute Gasteiger partial charge is 0.408 e. The van der Waals surface area contributed by atoms with Crippen molar-refractivity contribution in [3.63, 3.8) is 0 Å². The molecule has 26 nitrogen and oxygen atoms in total. The molecule has 2 heterocycles. The Morgan fingerprint density at radius 1 is 0.479 bits per heavy atom. The van der Waals surface area contributed by atoms with E-state index in [1.165, 1.54) is 0 Å². The van der Waals surface area contributed by atoms with Crippen molar-refractivity contribution in [2.24, 2.45) is 0 Å². The molecule has 2 aliphatic heterocycles. The maximum absolute atomic E-state index is 13.5. The average Bonchev–Trinajstić information content (AvgIpc) is 3.13. The lowest BCUT2D eigenvalue weighted by molar-refractivity contribution is -0.319. The summed E-state index contributed by atoms with van der Waals surface area (Å²) in [7, 11) is -3.96. The van der Waals surface area contributed by atoms with E-state index in [0.717, 1.165) is 6.26 Å². The van der Waals surface area contributed by atoms with E-state index in [4.69, 9.17) is 42.6 Å². The van der Waals surface area contributed by atoms with Gasteiger partial charge in [-0.1, -0.05) is 0 Å². The average molecular weight is 1050 g/mol. The Labute approximate surface area is 415 Å². The molecule has 0 spiro atoms. The summed E-state index contributed by atoms with van der Waals surface area (Å²) in [6.45, 7) is 23.0. The lowest BCUT2D eigenvalue weighted by Crippen LogP contribution is -2.71. The Morgan fingerprint density at radius 2 is 0.845 bits per heavy atom. The SMILES string of the molecule is CC(C)(C)OC(=O)NCC1OC(OC2C(NC(=O)OC(C)(C)C)CC(NC(=O)OC(C)(C)C)C(OC3OC(CS(C)(=O)=O)C(O)C(NC(=O)OC(C)(C)C)C3O)C2O)C(NC(=O)OC(C)(C)C)C(O)C1O. The van der Waals surface area contributed by atoms with Gasteiger partial charge in [-0.2, -0.15) is 0 Å². The second-order valence-electron chi connectivity index (χ2n) is 22.8. The van der Waals surface area contributed by atoms with E-state index in [1.54, 1.807) is 104 Å². The van der Waals surface area contributed by atoms with Crippen molar-refractivity contribution < 1.29 is 101 Å². The van der Waals surface area contributed by atoms with E-state index in [1.807, 2.05) is 0 Å². The van der Waals surface area contributed by atoms with E-state index in [0.29, 0.717) is 0 Å². The van der Waals surface area contributed by atoms with Gasteiger partial charge in [-0.25, -0.2) is 32.4 Å². The number of amides is 5. The van der Waals surface area contributed by atoms with Gasteiger partial charge < -0.3 is 94.7 Å². The first-order valence-electron chi connectivity index (χ1n) is 23.2. The van der Waals surface area contributed by atoms with Gasteiger partial charge in [-0.05, 0) is 110 Å². The lowest BCUT2D eigenvalue weighted by Gasteiger charge is -2.50.